The number of ether oxygens (including phenoxy) is 1. The lowest BCUT2D eigenvalue weighted by Gasteiger charge is -2.33. The molecule has 3 atom stereocenters. The fourth-order valence-corrected chi connectivity index (χ4v) is 2.88. The van der Waals surface area contributed by atoms with Gasteiger partial charge in [0.1, 0.15) is 11.9 Å². The van der Waals surface area contributed by atoms with Crippen molar-refractivity contribution in [2.75, 3.05) is 0 Å². The van der Waals surface area contributed by atoms with Crippen molar-refractivity contribution in [3.63, 3.8) is 0 Å². The average Bonchev–Trinajstić information content (AvgIpc) is 2.44. The highest BCUT2D eigenvalue weighted by molar-refractivity contribution is 6.30. The molecule has 3 unspecified atom stereocenters. The summed E-state index contributed by atoms with van der Waals surface area (Å²) >= 11 is 12.9. The lowest BCUT2D eigenvalue weighted by atomic mass is 9.96. The Hall–Kier alpha value is -1.18. The fourth-order valence-electron chi connectivity index (χ4n) is 2.24. The van der Waals surface area contributed by atoms with Crippen molar-refractivity contribution >= 4 is 23.2 Å². The van der Waals surface area contributed by atoms with Gasteiger partial charge in [-0.3, -0.25) is 0 Å². The van der Waals surface area contributed by atoms with Crippen LogP contribution in [0.15, 0.2) is 54.6 Å². The first-order chi connectivity index (χ1) is 8.77. The molecule has 1 aliphatic heterocycles. The van der Waals surface area contributed by atoms with Crippen molar-refractivity contribution in [1.82, 2.24) is 0 Å². The third kappa shape index (κ3) is 1.98. The first-order valence-corrected chi connectivity index (χ1v) is 6.73. The lowest BCUT2D eigenvalue weighted by Crippen LogP contribution is -2.28. The van der Waals surface area contributed by atoms with E-state index in [9.17, 15) is 0 Å². The second kappa shape index (κ2) is 4.83. The Morgan fingerprint density at radius 2 is 1.50 bits per heavy atom. The van der Waals surface area contributed by atoms with Gasteiger partial charge in [-0.15, -0.1) is 23.2 Å². The third-order valence-corrected chi connectivity index (χ3v) is 4.28. The smallest absolute Gasteiger partial charge is 0.142 e. The van der Waals surface area contributed by atoms with E-state index in [1.807, 2.05) is 54.6 Å². The number of alkyl halides is 2. The fraction of sp³-hybridized carbons (Fsp3) is 0.200. The Morgan fingerprint density at radius 1 is 0.833 bits per heavy atom. The summed E-state index contributed by atoms with van der Waals surface area (Å²) in [5.41, 5.74) is 2.02. The van der Waals surface area contributed by atoms with Crippen molar-refractivity contribution in [2.24, 2.45) is 0 Å². The summed E-state index contributed by atoms with van der Waals surface area (Å²) in [7, 11) is 0. The van der Waals surface area contributed by atoms with Gasteiger partial charge < -0.3 is 4.74 Å². The lowest BCUT2D eigenvalue weighted by molar-refractivity contribution is 0.178. The van der Waals surface area contributed by atoms with Crippen LogP contribution in [0, 0.1) is 0 Å². The predicted molar refractivity (Wildman–Crippen MR) is 74.5 cm³/mol. The van der Waals surface area contributed by atoms with Gasteiger partial charge >= 0.3 is 0 Å². The van der Waals surface area contributed by atoms with Crippen LogP contribution in [0.25, 0.3) is 0 Å². The van der Waals surface area contributed by atoms with Crippen LogP contribution in [0.2, 0.25) is 0 Å². The van der Waals surface area contributed by atoms with E-state index in [-0.39, 0.29) is 16.9 Å². The summed E-state index contributed by atoms with van der Waals surface area (Å²) in [6, 6.07) is 17.7. The molecule has 0 fully saturated rings. The number of para-hydroxylation sites is 1. The monoisotopic (exact) mass is 278 g/mol. The molecule has 0 aromatic heterocycles. The largest absolute Gasteiger partial charge is 0.484 e. The molecule has 18 heavy (non-hydrogen) atoms. The third-order valence-electron chi connectivity index (χ3n) is 3.17. The minimum Gasteiger partial charge on any atom is -0.484 e. The van der Waals surface area contributed by atoms with Gasteiger partial charge in [0.25, 0.3) is 0 Å². The van der Waals surface area contributed by atoms with Gasteiger partial charge in [-0.1, -0.05) is 48.5 Å². The van der Waals surface area contributed by atoms with E-state index in [4.69, 9.17) is 27.9 Å². The molecule has 0 aliphatic carbocycles. The maximum Gasteiger partial charge on any atom is 0.142 e. The number of halogens is 2. The molecule has 1 aliphatic rings. The molecule has 0 bridgehead atoms. The molecular weight excluding hydrogens is 267 g/mol. The molecule has 0 spiro atoms. The minimum atomic E-state index is -0.274. The van der Waals surface area contributed by atoms with Crippen molar-refractivity contribution in [1.29, 1.82) is 0 Å². The quantitative estimate of drug-likeness (QED) is 0.687. The summed E-state index contributed by atoms with van der Waals surface area (Å²) in [5.74, 6) is 0.822. The maximum atomic E-state index is 6.44. The minimum absolute atomic E-state index is 0.203. The zero-order valence-electron chi connectivity index (χ0n) is 9.59. The van der Waals surface area contributed by atoms with E-state index >= 15 is 0 Å². The summed E-state index contributed by atoms with van der Waals surface area (Å²) < 4.78 is 5.98. The van der Waals surface area contributed by atoms with Crippen molar-refractivity contribution < 1.29 is 4.74 Å². The van der Waals surface area contributed by atoms with Gasteiger partial charge in [0, 0.05) is 5.56 Å². The normalized spacial score (nSPS) is 26.2. The average molecular weight is 279 g/mol. The molecule has 0 amide bonds. The summed E-state index contributed by atoms with van der Waals surface area (Å²) in [5, 5.41) is -0.509. The molecule has 0 saturated carbocycles. The Kier molecular flexibility index (Phi) is 3.19. The predicted octanol–water partition coefficient (Wildman–Crippen LogP) is 4.71. The van der Waals surface area contributed by atoms with Gasteiger partial charge in [0.15, 0.2) is 0 Å². The molecule has 1 nitrogen and oxygen atoms in total. The number of hydrogen-bond donors (Lipinski definition) is 0. The summed E-state index contributed by atoms with van der Waals surface area (Å²) in [6.45, 7) is 0. The van der Waals surface area contributed by atoms with Crippen LogP contribution in [0.5, 0.6) is 5.75 Å². The van der Waals surface area contributed by atoms with Gasteiger partial charge in [-0.2, -0.15) is 0 Å². The van der Waals surface area contributed by atoms with E-state index in [0.29, 0.717) is 0 Å². The highest BCUT2D eigenvalue weighted by Gasteiger charge is 2.36. The van der Waals surface area contributed by atoms with E-state index in [1.54, 1.807) is 0 Å². The Morgan fingerprint density at radius 3 is 2.28 bits per heavy atom. The molecule has 3 rings (SSSR count). The van der Waals surface area contributed by atoms with E-state index in [0.717, 1.165) is 16.9 Å². The molecule has 0 saturated heterocycles. The highest BCUT2D eigenvalue weighted by atomic mass is 35.5. The summed E-state index contributed by atoms with van der Waals surface area (Å²) in [6.07, 6.45) is -0.203. The molecular formula is C15H12Cl2O. The Balaban J connectivity index is 2.01. The van der Waals surface area contributed by atoms with Crippen LogP contribution in [-0.4, -0.2) is 5.38 Å². The van der Waals surface area contributed by atoms with Crippen LogP contribution < -0.4 is 4.74 Å². The second-order valence-electron chi connectivity index (χ2n) is 4.33. The Labute approximate surface area is 116 Å². The van der Waals surface area contributed by atoms with Gasteiger partial charge in [0.05, 0.1) is 10.8 Å². The second-order valence-corrected chi connectivity index (χ2v) is 5.31. The zero-order valence-corrected chi connectivity index (χ0v) is 11.1. The number of hydrogen-bond acceptors (Lipinski definition) is 1. The van der Waals surface area contributed by atoms with Crippen molar-refractivity contribution in [3.05, 3.63) is 65.7 Å². The Bertz CT molecular complexity index is 541. The van der Waals surface area contributed by atoms with Gasteiger partial charge in [-0.05, 0) is 11.6 Å². The number of fused-ring (bicyclic) bond motifs is 1. The maximum absolute atomic E-state index is 6.44. The molecule has 2 aromatic carbocycles. The van der Waals surface area contributed by atoms with E-state index < -0.39 is 0 Å². The topological polar surface area (TPSA) is 9.23 Å². The SMILES string of the molecule is ClC1c2ccccc2OC(c2ccccc2)C1Cl. The molecule has 3 heteroatoms. The molecule has 0 radical (unpaired) electrons. The number of rotatable bonds is 1. The zero-order chi connectivity index (χ0) is 12.5. The van der Waals surface area contributed by atoms with Crippen LogP contribution in [-0.2, 0) is 0 Å². The standard InChI is InChI=1S/C15H12Cl2O/c16-13-11-8-4-5-9-12(11)18-15(14(13)17)10-6-2-1-3-7-10/h1-9,13-15H. The van der Waals surface area contributed by atoms with Gasteiger partial charge in [-0.25, -0.2) is 0 Å². The highest BCUT2D eigenvalue weighted by Crippen LogP contribution is 2.46. The van der Waals surface area contributed by atoms with E-state index in [1.165, 1.54) is 0 Å². The van der Waals surface area contributed by atoms with Crippen molar-refractivity contribution in [3.8, 4) is 5.75 Å². The molecule has 2 aromatic rings. The molecule has 1 heterocycles. The van der Waals surface area contributed by atoms with Crippen molar-refractivity contribution in [2.45, 2.75) is 16.9 Å². The van der Waals surface area contributed by atoms with Gasteiger partial charge in [0.2, 0.25) is 0 Å². The van der Waals surface area contributed by atoms with Crippen LogP contribution >= 0.6 is 23.2 Å². The van der Waals surface area contributed by atoms with E-state index in [2.05, 4.69) is 0 Å². The molecule has 92 valence electrons. The summed E-state index contributed by atoms with van der Waals surface area (Å²) in [4.78, 5) is 0. The van der Waals surface area contributed by atoms with Crippen LogP contribution in [0.1, 0.15) is 22.6 Å². The van der Waals surface area contributed by atoms with Crippen LogP contribution in [0.4, 0.5) is 0 Å². The first-order valence-electron chi connectivity index (χ1n) is 5.86. The first kappa shape index (κ1) is 11.9. The number of benzene rings is 2. The van der Waals surface area contributed by atoms with Crippen LogP contribution in [0.3, 0.4) is 0 Å². The molecule has 0 N–H and O–H groups in total.